The second kappa shape index (κ2) is 5.70. The van der Waals surface area contributed by atoms with Crippen LogP contribution in [0.2, 0.25) is 0 Å². The molecule has 0 spiro atoms. The van der Waals surface area contributed by atoms with Gasteiger partial charge in [0.1, 0.15) is 5.82 Å². The molecule has 0 fully saturated rings. The number of nitrogens with one attached hydrogen (secondary N) is 1. The van der Waals surface area contributed by atoms with Crippen LogP contribution in [-0.4, -0.2) is 9.36 Å². The second-order valence-electron chi connectivity index (χ2n) is 5.70. The zero-order valence-corrected chi connectivity index (χ0v) is 12.8. The third-order valence-electron chi connectivity index (χ3n) is 2.97. The average molecular weight is 275 g/mol. The van der Waals surface area contributed by atoms with Gasteiger partial charge in [-0.05, 0) is 17.5 Å². The second-order valence-corrected chi connectivity index (χ2v) is 6.45. The Balaban J connectivity index is 1.96. The van der Waals surface area contributed by atoms with Gasteiger partial charge in [0.2, 0.25) is 5.13 Å². The molecule has 1 heterocycles. The number of anilines is 1. The van der Waals surface area contributed by atoms with Gasteiger partial charge in [0.25, 0.3) is 0 Å². The largest absolute Gasteiger partial charge is 0.356 e. The normalized spacial score (nSPS) is 11.6. The van der Waals surface area contributed by atoms with E-state index < -0.39 is 0 Å². The summed E-state index contributed by atoms with van der Waals surface area (Å²) in [4.78, 5) is 4.53. The topological polar surface area (TPSA) is 37.8 Å². The minimum absolute atomic E-state index is 0.0131. The monoisotopic (exact) mass is 275 g/mol. The van der Waals surface area contributed by atoms with Crippen LogP contribution in [0.5, 0.6) is 0 Å². The predicted molar refractivity (Wildman–Crippen MR) is 81.8 cm³/mol. The fraction of sp³-hybridized carbons (Fsp3) is 0.467. The maximum absolute atomic E-state index is 4.53. The van der Waals surface area contributed by atoms with Gasteiger partial charge in [-0.3, -0.25) is 0 Å². The van der Waals surface area contributed by atoms with E-state index in [1.54, 1.807) is 0 Å². The van der Waals surface area contributed by atoms with Crippen molar-refractivity contribution >= 4 is 16.7 Å². The Hall–Kier alpha value is -1.42. The van der Waals surface area contributed by atoms with Gasteiger partial charge in [-0.15, -0.1) is 0 Å². The molecule has 0 unspecified atom stereocenters. The Morgan fingerprint density at radius 2 is 1.74 bits per heavy atom. The number of aromatic nitrogens is 2. The summed E-state index contributed by atoms with van der Waals surface area (Å²) in [5, 5.41) is 4.23. The highest BCUT2D eigenvalue weighted by Crippen LogP contribution is 2.23. The molecule has 1 aromatic heterocycles. The summed E-state index contributed by atoms with van der Waals surface area (Å²) in [6.45, 7) is 9.35. The first kappa shape index (κ1) is 14.0. The van der Waals surface area contributed by atoms with Gasteiger partial charge < -0.3 is 5.32 Å². The summed E-state index contributed by atoms with van der Waals surface area (Å²) < 4.78 is 4.40. The van der Waals surface area contributed by atoms with Gasteiger partial charge in [-0.25, -0.2) is 4.98 Å². The van der Waals surface area contributed by atoms with E-state index in [1.165, 1.54) is 22.7 Å². The summed E-state index contributed by atoms with van der Waals surface area (Å²) in [6.07, 6.45) is 1.08. The fourth-order valence-electron chi connectivity index (χ4n) is 1.67. The van der Waals surface area contributed by atoms with Crippen LogP contribution < -0.4 is 5.32 Å². The summed E-state index contributed by atoms with van der Waals surface area (Å²) in [7, 11) is 0. The minimum Gasteiger partial charge on any atom is -0.356 e. The smallest absolute Gasteiger partial charge is 0.202 e. The Labute approximate surface area is 119 Å². The average Bonchev–Trinajstić information content (AvgIpc) is 2.86. The van der Waals surface area contributed by atoms with Crippen molar-refractivity contribution in [3.8, 4) is 0 Å². The van der Waals surface area contributed by atoms with Crippen molar-refractivity contribution in [2.45, 2.75) is 46.1 Å². The van der Waals surface area contributed by atoms with Crippen LogP contribution >= 0.6 is 11.5 Å². The third-order valence-corrected chi connectivity index (χ3v) is 3.64. The molecule has 1 aromatic carbocycles. The zero-order chi connectivity index (χ0) is 13.9. The number of benzene rings is 1. The summed E-state index contributed by atoms with van der Waals surface area (Å²) in [6, 6.07) is 8.68. The number of rotatable bonds is 4. The molecule has 2 rings (SSSR count). The SMILES string of the molecule is CCc1ccc(CNc2nc(C(C)(C)C)ns2)cc1. The van der Waals surface area contributed by atoms with Crippen molar-refractivity contribution in [3.63, 3.8) is 0 Å². The standard InChI is InChI=1S/C15H21N3S/c1-5-11-6-8-12(9-7-11)10-16-14-17-13(18-19-14)15(2,3)4/h6-9H,5,10H2,1-4H3,(H,16,17,18). The summed E-state index contributed by atoms with van der Waals surface area (Å²) in [5.41, 5.74) is 2.65. The van der Waals surface area contributed by atoms with Crippen LogP contribution in [0.4, 0.5) is 5.13 Å². The van der Waals surface area contributed by atoms with Crippen LogP contribution in [0.25, 0.3) is 0 Å². The number of hydrogen-bond acceptors (Lipinski definition) is 4. The van der Waals surface area contributed by atoms with Gasteiger partial charge in [0.05, 0.1) is 0 Å². The molecule has 3 nitrogen and oxygen atoms in total. The van der Waals surface area contributed by atoms with Crippen LogP contribution in [0, 0.1) is 0 Å². The Kier molecular flexibility index (Phi) is 4.20. The minimum atomic E-state index is 0.0131. The molecule has 0 aliphatic rings. The Morgan fingerprint density at radius 1 is 1.11 bits per heavy atom. The van der Waals surface area contributed by atoms with Crippen LogP contribution in [0.1, 0.15) is 44.6 Å². The van der Waals surface area contributed by atoms with E-state index in [0.717, 1.165) is 23.9 Å². The molecule has 0 amide bonds. The maximum atomic E-state index is 4.53. The molecule has 4 heteroatoms. The first-order valence-corrected chi connectivity index (χ1v) is 7.42. The first-order valence-electron chi connectivity index (χ1n) is 6.65. The highest BCUT2D eigenvalue weighted by molar-refractivity contribution is 7.09. The molecule has 0 radical (unpaired) electrons. The summed E-state index contributed by atoms with van der Waals surface area (Å²) in [5.74, 6) is 0.904. The molecule has 0 bridgehead atoms. The molecule has 0 aliphatic carbocycles. The highest BCUT2D eigenvalue weighted by Gasteiger charge is 2.19. The van der Waals surface area contributed by atoms with Crippen molar-refractivity contribution in [2.75, 3.05) is 5.32 Å². The molecule has 1 N–H and O–H groups in total. The lowest BCUT2D eigenvalue weighted by atomic mass is 9.96. The van der Waals surface area contributed by atoms with Gasteiger partial charge in [-0.1, -0.05) is 52.0 Å². The Morgan fingerprint density at radius 3 is 2.26 bits per heavy atom. The molecule has 0 saturated heterocycles. The maximum Gasteiger partial charge on any atom is 0.202 e. The van der Waals surface area contributed by atoms with Crippen molar-refractivity contribution in [1.29, 1.82) is 0 Å². The van der Waals surface area contributed by atoms with E-state index >= 15 is 0 Å². The van der Waals surface area contributed by atoms with Crippen molar-refractivity contribution < 1.29 is 0 Å². The zero-order valence-electron chi connectivity index (χ0n) is 12.0. The van der Waals surface area contributed by atoms with Crippen molar-refractivity contribution in [3.05, 3.63) is 41.2 Å². The lowest BCUT2D eigenvalue weighted by Crippen LogP contribution is -2.13. The molecule has 0 aliphatic heterocycles. The van der Waals surface area contributed by atoms with Crippen molar-refractivity contribution in [2.24, 2.45) is 0 Å². The fourth-order valence-corrected chi connectivity index (χ4v) is 2.42. The predicted octanol–water partition coefficient (Wildman–Crippen LogP) is 4.01. The number of aryl methyl sites for hydroxylation is 1. The third kappa shape index (κ3) is 3.77. The molecular weight excluding hydrogens is 254 g/mol. The molecule has 102 valence electrons. The van der Waals surface area contributed by atoms with E-state index in [9.17, 15) is 0 Å². The van der Waals surface area contributed by atoms with E-state index in [1.807, 2.05) is 0 Å². The van der Waals surface area contributed by atoms with Gasteiger partial charge >= 0.3 is 0 Å². The van der Waals surface area contributed by atoms with Gasteiger partial charge in [-0.2, -0.15) is 4.37 Å². The first-order chi connectivity index (χ1) is 8.99. The molecular formula is C15H21N3S. The molecule has 2 aromatic rings. The van der Waals surface area contributed by atoms with Gasteiger partial charge in [0.15, 0.2) is 0 Å². The van der Waals surface area contributed by atoms with Crippen LogP contribution in [0.3, 0.4) is 0 Å². The number of nitrogens with zero attached hydrogens (tertiary/aromatic N) is 2. The van der Waals surface area contributed by atoms with E-state index in [0.29, 0.717) is 0 Å². The van der Waals surface area contributed by atoms with Crippen LogP contribution in [-0.2, 0) is 18.4 Å². The van der Waals surface area contributed by atoms with Crippen LogP contribution in [0.15, 0.2) is 24.3 Å². The van der Waals surface area contributed by atoms with E-state index in [-0.39, 0.29) is 5.41 Å². The van der Waals surface area contributed by atoms with E-state index in [2.05, 4.69) is 66.6 Å². The molecule has 0 saturated carbocycles. The number of hydrogen-bond donors (Lipinski definition) is 1. The lowest BCUT2D eigenvalue weighted by Gasteiger charge is -2.12. The molecule has 19 heavy (non-hydrogen) atoms. The Bertz CT molecular complexity index is 523. The summed E-state index contributed by atoms with van der Waals surface area (Å²) >= 11 is 1.43. The van der Waals surface area contributed by atoms with Crippen molar-refractivity contribution in [1.82, 2.24) is 9.36 Å². The highest BCUT2D eigenvalue weighted by atomic mass is 32.1. The quantitative estimate of drug-likeness (QED) is 0.916. The van der Waals surface area contributed by atoms with Gasteiger partial charge in [0, 0.05) is 23.5 Å². The molecule has 0 atom stereocenters. The van der Waals surface area contributed by atoms with E-state index in [4.69, 9.17) is 0 Å². The lowest BCUT2D eigenvalue weighted by molar-refractivity contribution is 0.555.